The Labute approximate surface area is 88.1 Å². The molecule has 3 nitrogen and oxygen atoms in total. The first kappa shape index (κ1) is 11.1. The highest BCUT2D eigenvalue weighted by atomic mass is 35.5. The Morgan fingerprint density at radius 2 is 2.43 bits per heavy atom. The number of ether oxygens (including phenoxy) is 1. The first-order valence-electron chi connectivity index (χ1n) is 4.33. The van der Waals surface area contributed by atoms with Crippen molar-refractivity contribution in [3.8, 4) is 0 Å². The average molecular weight is 214 g/mol. The van der Waals surface area contributed by atoms with E-state index in [1.54, 1.807) is 25.6 Å². The highest BCUT2D eigenvalue weighted by molar-refractivity contribution is 6.31. The van der Waals surface area contributed by atoms with Gasteiger partial charge in [0.1, 0.15) is 5.78 Å². The van der Waals surface area contributed by atoms with Crippen molar-refractivity contribution in [2.75, 3.05) is 13.7 Å². The van der Waals surface area contributed by atoms with Gasteiger partial charge in [0.15, 0.2) is 0 Å². The lowest BCUT2D eigenvalue weighted by molar-refractivity contribution is -0.119. The monoisotopic (exact) mass is 213 g/mol. The van der Waals surface area contributed by atoms with Crippen molar-refractivity contribution in [2.24, 2.45) is 0 Å². The Morgan fingerprint density at radius 3 is 3.07 bits per heavy atom. The number of halogens is 1. The molecule has 0 spiro atoms. The Bertz CT molecular complexity index is 315. The maximum absolute atomic E-state index is 11.4. The fraction of sp³-hybridized carbons (Fsp3) is 0.400. The maximum Gasteiger partial charge on any atom is 0.139 e. The summed E-state index contributed by atoms with van der Waals surface area (Å²) in [5.41, 5.74) is 0.822. The van der Waals surface area contributed by atoms with Crippen LogP contribution in [0.4, 0.5) is 0 Å². The third-order valence-electron chi connectivity index (χ3n) is 1.83. The van der Waals surface area contributed by atoms with Gasteiger partial charge in [0.25, 0.3) is 0 Å². The number of pyridine rings is 1. The number of hydrogen-bond donors (Lipinski definition) is 0. The zero-order chi connectivity index (χ0) is 10.4. The second-order valence-electron chi connectivity index (χ2n) is 2.93. The summed E-state index contributed by atoms with van der Waals surface area (Å²) in [7, 11) is 1.58. The van der Waals surface area contributed by atoms with Gasteiger partial charge in [0, 0.05) is 32.3 Å². The van der Waals surface area contributed by atoms with Crippen molar-refractivity contribution in [3.63, 3.8) is 0 Å². The minimum Gasteiger partial charge on any atom is -0.384 e. The van der Waals surface area contributed by atoms with Crippen LogP contribution in [-0.2, 0) is 16.0 Å². The number of rotatable bonds is 5. The molecule has 0 aliphatic carbocycles. The van der Waals surface area contributed by atoms with Gasteiger partial charge in [-0.15, -0.1) is 0 Å². The normalized spacial score (nSPS) is 10.1. The van der Waals surface area contributed by atoms with E-state index in [-0.39, 0.29) is 5.78 Å². The largest absolute Gasteiger partial charge is 0.384 e. The Morgan fingerprint density at radius 1 is 1.64 bits per heavy atom. The van der Waals surface area contributed by atoms with Gasteiger partial charge < -0.3 is 4.74 Å². The van der Waals surface area contributed by atoms with E-state index in [0.29, 0.717) is 24.5 Å². The Balaban J connectivity index is 2.52. The van der Waals surface area contributed by atoms with Crippen molar-refractivity contribution in [1.29, 1.82) is 0 Å². The van der Waals surface area contributed by atoms with Gasteiger partial charge in [0.2, 0.25) is 0 Å². The van der Waals surface area contributed by atoms with Gasteiger partial charge in [-0.2, -0.15) is 0 Å². The van der Waals surface area contributed by atoms with Gasteiger partial charge in [-0.1, -0.05) is 11.6 Å². The number of hydrogen-bond acceptors (Lipinski definition) is 3. The van der Waals surface area contributed by atoms with E-state index >= 15 is 0 Å². The lowest BCUT2D eigenvalue weighted by Crippen LogP contribution is -2.06. The molecule has 0 aliphatic rings. The van der Waals surface area contributed by atoms with Crippen molar-refractivity contribution in [1.82, 2.24) is 4.98 Å². The highest BCUT2D eigenvalue weighted by Gasteiger charge is 2.06. The molecule has 0 amide bonds. The summed E-state index contributed by atoms with van der Waals surface area (Å²) in [6.07, 6.45) is 3.95. The molecule has 1 heterocycles. The van der Waals surface area contributed by atoms with Crippen LogP contribution in [0, 0.1) is 0 Å². The first-order chi connectivity index (χ1) is 6.74. The lowest BCUT2D eigenvalue weighted by atomic mass is 10.1. The van der Waals surface area contributed by atoms with Gasteiger partial charge in [-0.05, 0) is 11.6 Å². The average Bonchev–Trinajstić information content (AvgIpc) is 2.18. The molecule has 0 saturated carbocycles. The molecule has 1 aromatic rings. The molecule has 0 radical (unpaired) electrons. The Hall–Kier alpha value is -0.930. The molecule has 0 bridgehead atoms. The van der Waals surface area contributed by atoms with Crippen LogP contribution in [0.25, 0.3) is 0 Å². The summed E-state index contributed by atoms with van der Waals surface area (Å²) in [5, 5.41) is 0.540. The molecular weight excluding hydrogens is 202 g/mol. The van der Waals surface area contributed by atoms with Crippen LogP contribution in [0.3, 0.4) is 0 Å². The van der Waals surface area contributed by atoms with E-state index in [4.69, 9.17) is 16.3 Å². The molecule has 0 saturated heterocycles. The molecular formula is C10H12ClNO2. The fourth-order valence-electron chi connectivity index (χ4n) is 1.06. The SMILES string of the molecule is COCCC(=O)Cc1ccncc1Cl. The second-order valence-corrected chi connectivity index (χ2v) is 3.33. The van der Waals surface area contributed by atoms with Gasteiger partial charge in [-0.25, -0.2) is 0 Å². The van der Waals surface area contributed by atoms with E-state index in [1.165, 1.54) is 0 Å². The molecule has 0 aromatic carbocycles. The van der Waals surface area contributed by atoms with Crippen molar-refractivity contribution < 1.29 is 9.53 Å². The van der Waals surface area contributed by atoms with E-state index in [0.717, 1.165) is 5.56 Å². The smallest absolute Gasteiger partial charge is 0.139 e. The predicted octanol–water partition coefficient (Wildman–Crippen LogP) is 1.88. The number of carbonyl (C=O) groups is 1. The maximum atomic E-state index is 11.4. The molecule has 0 fully saturated rings. The summed E-state index contributed by atoms with van der Waals surface area (Å²) >= 11 is 5.86. The van der Waals surface area contributed by atoms with E-state index in [1.807, 2.05) is 0 Å². The topological polar surface area (TPSA) is 39.2 Å². The number of aromatic nitrogens is 1. The van der Waals surface area contributed by atoms with Gasteiger partial charge >= 0.3 is 0 Å². The quantitative estimate of drug-likeness (QED) is 0.750. The summed E-state index contributed by atoms with van der Waals surface area (Å²) in [4.78, 5) is 15.2. The molecule has 1 aromatic heterocycles. The van der Waals surface area contributed by atoms with E-state index < -0.39 is 0 Å². The minimum atomic E-state index is 0.125. The molecule has 0 atom stereocenters. The van der Waals surface area contributed by atoms with Crippen LogP contribution >= 0.6 is 11.6 Å². The zero-order valence-corrected chi connectivity index (χ0v) is 8.75. The number of ketones is 1. The minimum absolute atomic E-state index is 0.125. The van der Waals surface area contributed by atoms with Crippen LogP contribution in [0.1, 0.15) is 12.0 Å². The van der Waals surface area contributed by atoms with Gasteiger partial charge in [-0.3, -0.25) is 9.78 Å². The van der Waals surface area contributed by atoms with Crippen LogP contribution in [0.15, 0.2) is 18.5 Å². The summed E-state index contributed by atoms with van der Waals surface area (Å²) in [6.45, 7) is 0.460. The standard InChI is InChI=1S/C10H12ClNO2/c1-14-5-3-9(13)6-8-2-4-12-7-10(8)11/h2,4,7H,3,5-6H2,1H3. The molecule has 1 rings (SSSR count). The summed E-state index contributed by atoms with van der Waals surface area (Å²) < 4.78 is 4.81. The number of Topliss-reactive ketones (excluding diaryl/α,β-unsaturated/α-hetero) is 1. The third-order valence-corrected chi connectivity index (χ3v) is 2.17. The van der Waals surface area contributed by atoms with Crippen LogP contribution in [0.5, 0.6) is 0 Å². The van der Waals surface area contributed by atoms with Crippen LogP contribution < -0.4 is 0 Å². The Kier molecular flexibility index (Phi) is 4.56. The molecule has 76 valence electrons. The van der Waals surface area contributed by atoms with Crippen molar-refractivity contribution in [3.05, 3.63) is 29.0 Å². The second kappa shape index (κ2) is 5.73. The predicted molar refractivity (Wildman–Crippen MR) is 54.5 cm³/mol. The highest BCUT2D eigenvalue weighted by Crippen LogP contribution is 2.14. The van der Waals surface area contributed by atoms with Crippen LogP contribution in [0.2, 0.25) is 5.02 Å². The molecule has 0 unspecified atom stereocenters. The van der Waals surface area contributed by atoms with E-state index in [2.05, 4.69) is 4.98 Å². The summed E-state index contributed by atoms with van der Waals surface area (Å²) in [5.74, 6) is 0.125. The fourth-order valence-corrected chi connectivity index (χ4v) is 1.25. The summed E-state index contributed by atoms with van der Waals surface area (Å²) in [6, 6.07) is 1.76. The van der Waals surface area contributed by atoms with Crippen molar-refractivity contribution in [2.45, 2.75) is 12.8 Å². The number of carbonyl (C=O) groups excluding carboxylic acids is 1. The molecule has 4 heteroatoms. The molecule has 14 heavy (non-hydrogen) atoms. The zero-order valence-electron chi connectivity index (χ0n) is 8.00. The third kappa shape index (κ3) is 3.44. The molecule has 0 N–H and O–H groups in total. The number of methoxy groups -OCH3 is 1. The van der Waals surface area contributed by atoms with Gasteiger partial charge in [0.05, 0.1) is 11.6 Å². The lowest BCUT2D eigenvalue weighted by Gasteiger charge is -2.02. The number of nitrogens with zero attached hydrogens (tertiary/aromatic N) is 1. The molecule has 0 aliphatic heterocycles. The van der Waals surface area contributed by atoms with Crippen molar-refractivity contribution >= 4 is 17.4 Å². The first-order valence-corrected chi connectivity index (χ1v) is 4.71. The van der Waals surface area contributed by atoms with Crippen LogP contribution in [-0.4, -0.2) is 24.5 Å². The van der Waals surface area contributed by atoms with E-state index in [9.17, 15) is 4.79 Å².